The smallest absolute Gasteiger partial charge is 0.433 e. The molecule has 0 radical (unpaired) electrons. The Morgan fingerprint density at radius 2 is 2.22 bits per heavy atom. The number of rotatable bonds is 3. The van der Waals surface area contributed by atoms with Gasteiger partial charge >= 0.3 is 6.09 Å². The molecule has 0 atom stereocenters. The van der Waals surface area contributed by atoms with Gasteiger partial charge in [-0.3, -0.25) is 0 Å². The number of aliphatic imine (C=N–C) groups is 1. The summed E-state index contributed by atoms with van der Waals surface area (Å²) in [6, 6.07) is 4.57. The summed E-state index contributed by atoms with van der Waals surface area (Å²) >= 11 is 0. The third-order valence-electron chi connectivity index (χ3n) is 1.98. The largest absolute Gasteiger partial charge is 0.448 e. The Labute approximate surface area is 103 Å². The fourth-order valence-corrected chi connectivity index (χ4v) is 1.26. The lowest BCUT2D eigenvalue weighted by molar-refractivity contribution is 0.163. The number of nitrogens with zero attached hydrogens (tertiary/aromatic N) is 2. The quantitative estimate of drug-likeness (QED) is 0.777. The average molecular weight is 252 g/mol. The van der Waals surface area contributed by atoms with Crippen LogP contribution < -0.4 is 0 Å². The molecule has 0 aromatic heterocycles. The molecule has 1 amide bonds. The average Bonchev–Trinajstić information content (AvgIpc) is 2.29. The van der Waals surface area contributed by atoms with E-state index in [4.69, 9.17) is 5.26 Å². The topological polar surface area (TPSA) is 62.4 Å². The summed E-state index contributed by atoms with van der Waals surface area (Å²) in [5, 5.41) is 8.61. The van der Waals surface area contributed by atoms with E-state index in [9.17, 15) is 13.6 Å². The van der Waals surface area contributed by atoms with Gasteiger partial charge in [-0.1, -0.05) is 0 Å². The van der Waals surface area contributed by atoms with Gasteiger partial charge in [-0.2, -0.15) is 10.3 Å². The van der Waals surface area contributed by atoms with Crippen LogP contribution in [-0.2, 0) is 4.74 Å². The van der Waals surface area contributed by atoms with E-state index in [1.165, 1.54) is 0 Å². The molecule has 1 aromatic carbocycles. The first-order chi connectivity index (χ1) is 8.58. The number of hydrogen-bond donors (Lipinski definition) is 0. The van der Waals surface area contributed by atoms with Crippen molar-refractivity contribution >= 4 is 11.8 Å². The van der Waals surface area contributed by atoms with Crippen LogP contribution in [0.4, 0.5) is 13.6 Å². The maximum absolute atomic E-state index is 13.5. The molecule has 94 valence electrons. The van der Waals surface area contributed by atoms with Gasteiger partial charge in [0.25, 0.3) is 0 Å². The van der Waals surface area contributed by atoms with Crippen LogP contribution in [0, 0.1) is 23.0 Å². The first-order valence-electron chi connectivity index (χ1n) is 5.15. The number of amides is 1. The highest BCUT2D eigenvalue weighted by atomic mass is 19.1. The molecular formula is C12H10F2N2O2. The fraction of sp³-hybridized carbons (Fsp3) is 0.250. The maximum Gasteiger partial charge on any atom is 0.433 e. The minimum Gasteiger partial charge on any atom is -0.448 e. The summed E-state index contributed by atoms with van der Waals surface area (Å²) in [4.78, 5) is 14.7. The van der Waals surface area contributed by atoms with Crippen LogP contribution in [-0.4, -0.2) is 18.4 Å². The molecule has 1 aromatic rings. The van der Waals surface area contributed by atoms with Crippen molar-refractivity contribution in [2.75, 3.05) is 6.61 Å². The zero-order valence-electron chi connectivity index (χ0n) is 9.61. The van der Waals surface area contributed by atoms with Gasteiger partial charge in [0, 0.05) is 11.6 Å². The van der Waals surface area contributed by atoms with Crippen molar-refractivity contribution in [2.45, 2.75) is 13.3 Å². The molecule has 0 saturated carbocycles. The van der Waals surface area contributed by atoms with Crippen molar-refractivity contribution in [1.29, 1.82) is 5.26 Å². The minimum absolute atomic E-state index is 0.0894. The number of carbonyl (C=O) groups is 1. The summed E-state index contributed by atoms with van der Waals surface area (Å²) in [5.74, 6) is -1.63. The van der Waals surface area contributed by atoms with Crippen LogP contribution >= 0.6 is 0 Å². The second-order valence-electron chi connectivity index (χ2n) is 3.22. The van der Waals surface area contributed by atoms with E-state index in [1.54, 1.807) is 13.0 Å². The van der Waals surface area contributed by atoms with Crippen LogP contribution in [0.5, 0.6) is 0 Å². The molecule has 18 heavy (non-hydrogen) atoms. The van der Waals surface area contributed by atoms with E-state index in [-0.39, 0.29) is 24.3 Å². The lowest BCUT2D eigenvalue weighted by atomic mass is 10.1. The minimum atomic E-state index is -0.911. The predicted octanol–water partition coefficient (Wildman–Crippen LogP) is 2.82. The van der Waals surface area contributed by atoms with Crippen LogP contribution in [0.1, 0.15) is 18.9 Å². The van der Waals surface area contributed by atoms with Gasteiger partial charge in [0.05, 0.1) is 24.8 Å². The van der Waals surface area contributed by atoms with Crippen LogP contribution in [0.2, 0.25) is 0 Å². The van der Waals surface area contributed by atoms with Gasteiger partial charge in [0.2, 0.25) is 0 Å². The number of ether oxygens (including phenoxy) is 1. The zero-order chi connectivity index (χ0) is 13.5. The van der Waals surface area contributed by atoms with Crippen molar-refractivity contribution in [1.82, 2.24) is 0 Å². The summed E-state index contributed by atoms with van der Waals surface area (Å²) in [6.07, 6.45) is -1.19. The van der Waals surface area contributed by atoms with Crippen molar-refractivity contribution in [3.8, 4) is 6.07 Å². The second-order valence-corrected chi connectivity index (χ2v) is 3.22. The molecule has 0 saturated heterocycles. The molecule has 0 heterocycles. The van der Waals surface area contributed by atoms with Gasteiger partial charge < -0.3 is 4.74 Å². The van der Waals surface area contributed by atoms with Gasteiger partial charge in [-0.15, -0.1) is 0 Å². The molecule has 0 aliphatic carbocycles. The SMILES string of the molecule is CCOC(=O)N=C(CC#N)c1ccc(F)cc1F. The molecule has 0 aliphatic rings. The second kappa shape index (κ2) is 6.45. The molecule has 4 nitrogen and oxygen atoms in total. The fourth-order valence-electron chi connectivity index (χ4n) is 1.26. The molecule has 0 aliphatic heterocycles. The number of nitriles is 1. The lowest BCUT2D eigenvalue weighted by Gasteiger charge is -2.04. The van der Waals surface area contributed by atoms with Crippen LogP contribution in [0.25, 0.3) is 0 Å². The van der Waals surface area contributed by atoms with Gasteiger partial charge in [0.1, 0.15) is 11.6 Å². The van der Waals surface area contributed by atoms with Crippen LogP contribution in [0.3, 0.4) is 0 Å². The Kier molecular flexibility index (Phi) is 4.93. The standard InChI is InChI=1S/C12H10F2N2O2/c1-2-18-12(17)16-11(5-6-15)9-4-3-8(13)7-10(9)14/h3-4,7H,2,5H2,1H3. The Bertz CT molecular complexity index is 521. The van der Waals surface area contributed by atoms with Gasteiger partial charge in [-0.05, 0) is 19.1 Å². The Balaban J connectivity index is 3.12. The molecular weight excluding hydrogens is 242 g/mol. The highest BCUT2D eigenvalue weighted by molar-refractivity contribution is 6.06. The van der Waals surface area contributed by atoms with Crippen molar-refractivity contribution in [3.05, 3.63) is 35.4 Å². The summed E-state index contributed by atoms with van der Waals surface area (Å²) in [7, 11) is 0. The maximum atomic E-state index is 13.5. The van der Waals surface area contributed by atoms with E-state index < -0.39 is 17.7 Å². The highest BCUT2D eigenvalue weighted by Gasteiger charge is 2.12. The third-order valence-corrected chi connectivity index (χ3v) is 1.98. The molecule has 0 spiro atoms. The van der Waals surface area contributed by atoms with E-state index in [0.29, 0.717) is 6.07 Å². The molecule has 0 unspecified atom stereocenters. The van der Waals surface area contributed by atoms with E-state index >= 15 is 0 Å². The van der Waals surface area contributed by atoms with Crippen molar-refractivity contribution in [3.63, 3.8) is 0 Å². The summed E-state index contributed by atoms with van der Waals surface area (Å²) in [5.41, 5.74) is -0.181. The number of hydrogen-bond acceptors (Lipinski definition) is 3. The Morgan fingerprint density at radius 1 is 1.50 bits per heavy atom. The molecule has 6 heteroatoms. The Morgan fingerprint density at radius 3 is 2.78 bits per heavy atom. The normalized spacial score (nSPS) is 10.9. The van der Waals surface area contributed by atoms with Gasteiger partial charge in [0.15, 0.2) is 0 Å². The predicted molar refractivity (Wildman–Crippen MR) is 60.1 cm³/mol. The van der Waals surface area contributed by atoms with Crippen molar-refractivity contribution < 1.29 is 18.3 Å². The van der Waals surface area contributed by atoms with E-state index in [0.717, 1.165) is 12.1 Å². The summed E-state index contributed by atoms with van der Waals surface area (Å²) < 4.78 is 30.8. The zero-order valence-corrected chi connectivity index (χ0v) is 9.61. The Hall–Kier alpha value is -2.29. The first-order valence-corrected chi connectivity index (χ1v) is 5.15. The number of halogens is 2. The third kappa shape index (κ3) is 3.63. The van der Waals surface area contributed by atoms with Crippen LogP contribution in [0.15, 0.2) is 23.2 Å². The first kappa shape index (κ1) is 13.8. The van der Waals surface area contributed by atoms with Gasteiger partial charge in [-0.25, -0.2) is 13.6 Å². The molecule has 1 rings (SSSR count). The number of carbonyl (C=O) groups excluding carboxylic acids is 1. The molecule has 0 N–H and O–H groups in total. The monoisotopic (exact) mass is 252 g/mol. The lowest BCUT2D eigenvalue weighted by Crippen LogP contribution is -2.08. The molecule has 0 bridgehead atoms. The summed E-state index contributed by atoms with van der Waals surface area (Å²) in [6.45, 7) is 1.71. The van der Waals surface area contributed by atoms with Crippen molar-refractivity contribution in [2.24, 2.45) is 4.99 Å². The molecule has 0 fully saturated rings. The highest BCUT2D eigenvalue weighted by Crippen LogP contribution is 2.13. The van der Waals surface area contributed by atoms with E-state index in [2.05, 4.69) is 9.73 Å². The number of benzene rings is 1. The van der Waals surface area contributed by atoms with E-state index in [1.807, 2.05) is 0 Å².